The second kappa shape index (κ2) is 8.84. The molecular formula is C12H21F3N2. The predicted molar refractivity (Wildman–Crippen MR) is 66.2 cm³/mol. The van der Waals surface area contributed by atoms with Gasteiger partial charge in [-0.25, -0.2) is 4.98 Å². The lowest BCUT2D eigenvalue weighted by Crippen LogP contribution is -2.07. The number of anilines is 1. The van der Waals surface area contributed by atoms with E-state index in [4.69, 9.17) is 0 Å². The number of rotatable bonds is 1. The van der Waals surface area contributed by atoms with Gasteiger partial charge in [0.2, 0.25) is 0 Å². The number of halogens is 3. The summed E-state index contributed by atoms with van der Waals surface area (Å²) < 4.78 is 36.4. The highest BCUT2D eigenvalue weighted by Crippen LogP contribution is 2.30. The van der Waals surface area contributed by atoms with Gasteiger partial charge in [-0.2, -0.15) is 13.2 Å². The second-order valence-electron chi connectivity index (χ2n) is 2.64. The third kappa shape index (κ3) is 6.14. The van der Waals surface area contributed by atoms with Crippen LogP contribution in [0.1, 0.15) is 38.8 Å². The Morgan fingerprint density at radius 1 is 1.12 bits per heavy atom. The van der Waals surface area contributed by atoms with Crippen LogP contribution >= 0.6 is 0 Å². The first-order chi connectivity index (χ1) is 7.95. The molecule has 1 N–H and O–H groups in total. The molecule has 1 rings (SSSR count). The molecule has 0 aliphatic carbocycles. The Morgan fingerprint density at radius 3 is 1.88 bits per heavy atom. The van der Waals surface area contributed by atoms with E-state index in [9.17, 15) is 13.2 Å². The van der Waals surface area contributed by atoms with Crippen LogP contribution in [0.15, 0.2) is 12.3 Å². The summed E-state index contributed by atoms with van der Waals surface area (Å²) in [6.45, 7) is 9.58. The molecule has 0 aromatic carbocycles. The van der Waals surface area contributed by atoms with E-state index < -0.39 is 11.7 Å². The summed E-state index contributed by atoms with van der Waals surface area (Å²) in [5.74, 6) is 0.466. The zero-order valence-electron chi connectivity index (χ0n) is 11.2. The molecule has 1 aromatic rings. The highest BCUT2D eigenvalue weighted by molar-refractivity contribution is 5.44. The number of nitrogens with zero attached hydrogens (tertiary/aromatic N) is 1. The molecule has 0 spiro atoms. The molecule has 5 heteroatoms. The average Bonchev–Trinajstić information content (AvgIpc) is 2.33. The minimum atomic E-state index is -4.32. The fourth-order valence-electron chi connectivity index (χ4n) is 0.992. The largest absolute Gasteiger partial charge is 0.417 e. The fourth-order valence-corrected chi connectivity index (χ4v) is 0.992. The molecule has 0 saturated heterocycles. The third-order valence-electron chi connectivity index (χ3n) is 1.64. The number of aryl methyl sites for hydroxylation is 1. The van der Waals surface area contributed by atoms with Crippen LogP contribution in [0.4, 0.5) is 19.0 Å². The Hall–Kier alpha value is -1.26. The van der Waals surface area contributed by atoms with Gasteiger partial charge in [0.25, 0.3) is 0 Å². The number of alkyl halides is 3. The summed E-state index contributed by atoms with van der Waals surface area (Å²) >= 11 is 0. The summed E-state index contributed by atoms with van der Waals surface area (Å²) in [6.07, 6.45) is -3.50. The Labute approximate surface area is 101 Å². The van der Waals surface area contributed by atoms with E-state index in [1.54, 1.807) is 14.0 Å². The number of nitrogens with one attached hydrogen (secondary N) is 1. The monoisotopic (exact) mass is 250 g/mol. The lowest BCUT2D eigenvalue weighted by atomic mass is 10.2. The summed E-state index contributed by atoms with van der Waals surface area (Å²) in [6, 6.07) is 1.07. The van der Waals surface area contributed by atoms with Crippen molar-refractivity contribution < 1.29 is 13.2 Å². The van der Waals surface area contributed by atoms with Crippen molar-refractivity contribution in [3.05, 3.63) is 23.4 Å². The van der Waals surface area contributed by atoms with Gasteiger partial charge in [0.1, 0.15) is 5.82 Å². The summed E-state index contributed by atoms with van der Waals surface area (Å²) in [5, 5.41) is 2.70. The highest BCUT2D eigenvalue weighted by atomic mass is 19.4. The summed E-state index contributed by atoms with van der Waals surface area (Å²) in [7, 11) is 1.61. The van der Waals surface area contributed by atoms with Crippen molar-refractivity contribution in [2.75, 3.05) is 12.4 Å². The van der Waals surface area contributed by atoms with Gasteiger partial charge in [-0.15, -0.1) is 0 Å². The van der Waals surface area contributed by atoms with Crippen molar-refractivity contribution in [2.24, 2.45) is 0 Å². The molecule has 0 saturated carbocycles. The van der Waals surface area contributed by atoms with Gasteiger partial charge < -0.3 is 5.32 Å². The molecule has 0 unspecified atom stereocenters. The topological polar surface area (TPSA) is 24.9 Å². The van der Waals surface area contributed by atoms with E-state index in [1.165, 1.54) is 0 Å². The normalized spacial score (nSPS) is 9.47. The van der Waals surface area contributed by atoms with Crippen LogP contribution in [0.3, 0.4) is 0 Å². The molecule has 1 aromatic heterocycles. The smallest absolute Gasteiger partial charge is 0.373 e. The van der Waals surface area contributed by atoms with E-state index in [0.717, 1.165) is 12.3 Å². The Balaban J connectivity index is 0. The van der Waals surface area contributed by atoms with Crippen molar-refractivity contribution in [1.29, 1.82) is 0 Å². The lowest BCUT2D eigenvalue weighted by Gasteiger charge is -2.09. The van der Waals surface area contributed by atoms with Crippen molar-refractivity contribution in [1.82, 2.24) is 4.98 Å². The van der Waals surface area contributed by atoms with Gasteiger partial charge in [-0.3, -0.25) is 0 Å². The Kier molecular flexibility index (Phi) is 9.42. The Morgan fingerprint density at radius 2 is 1.59 bits per heavy atom. The number of hydrogen-bond acceptors (Lipinski definition) is 2. The van der Waals surface area contributed by atoms with Crippen LogP contribution in [0.2, 0.25) is 0 Å². The summed E-state index contributed by atoms with van der Waals surface area (Å²) in [4.78, 5) is 3.63. The maximum atomic E-state index is 12.1. The minimum absolute atomic E-state index is 0.466. The van der Waals surface area contributed by atoms with Crippen LogP contribution in [0.25, 0.3) is 0 Å². The van der Waals surface area contributed by atoms with Crippen LogP contribution < -0.4 is 5.32 Å². The zero-order chi connectivity index (χ0) is 14.1. The molecule has 1 heterocycles. The van der Waals surface area contributed by atoms with Crippen molar-refractivity contribution in [3.63, 3.8) is 0 Å². The maximum absolute atomic E-state index is 12.1. The number of pyridine rings is 1. The number of aromatic nitrogens is 1. The van der Waals surface area contributed by atoms with E-state index in [2.05, 4.69) is 10.3 Å². The predicted octanol–water partition coefficient (Wildman–Crippen LogP) is 4.50. The fraction of sp³-hybridized carbons (Fsp3) is 0.583. The molecule has 0 bridgehead atoms. The molecule has 0 aliphatic rings. The first-order valence-corrected chi connectivity index (χ1v) is 5.66. The van der Waals surface area contributed by atoms with Gasteiger partial charge in [0.05, 0.1) is 5.56 Å². The van der Waals surface area contributed by atoms with E-state index in [-0.39, 0.29) is 0 Å². The molecule has 0 fully saturated rings. The zero-order valence-corrected chi connectivity index (χ0v) is 11.2. The SMILES string of the molecule is CC.CC.CNc1ncc(C(F)(F)F)cc1C. The van der Waals surface area contributed by atoms with E-state index in [1.807, 2.05) is 27.7 Å². The molecule has 0 atom stereocenters. The van der Waals surface area contributed by atoms with E-state index in [0.29, 0.717) is 11.4 Å². The lowest BCUT2D eigenvalue weighted by molar-refractivity contribution is -0.137. The average molecular weight is 250 g/mol. The highest BCUT2D eigenvalue weighted by Gasteiger charge is 2.31. The quantitative estimate of drug-likeness (QED) is 0.793. The molecule has 17 heavy (non-hydrogen) atoms. The number of hydrogen-bond donors (Lipinski definition) is 1. The standard InChI is InChI=1S/C8H9F3N2.2C2H6/c1-5-3-6(8(9,10)11)4-13-7(5)12-2;2*1-2/h3-4H,1-2H3,(H,12,13);2*1-2H3. The maximum Gasteiger partial charge on any atom is 0.417 e. The third-order valence-corrected chi connectivity index (χ3v) is 1.64. The minimum Gasteiger partial charge on any atom is -0.373 e. The summed E-state index contributed by atoms with van der Waals surface area (Å²) in [5.41, 5.74) is -0.235. The molecular weight excluding hydrogens is 229 g/mol. The van der Waals surface area contributed by atoms with Crippen molar-refractivity contribution in [3.8, 4) is 0 Å². The first-order valence-electron chi connectivity index (χ1n) is 5.66. The van der Waals surface area contributed by atoms with Gasteiger partial charge >= 0.3 is 6.18 Å². The molecule has 100 valence electrons. The van der Waals surface area contributed by atoms with Crippen LogP contribution in [-0.4, -0.2) is 12.0 Å². The van der Waals surface area contributed by atoms with Crippen molar-refractivity contribution >= 4 is 5.82 Å². The molecule has 2 nitrogen and oxygen atoms in total. The molecule has 0 aliphatic heterocycles. The van der Waals surface area contributed by atoms with Crippen LogP contribution in [0.5, 0.6) is 0 Å². The van der Waals surface area contributed by atoms with Crippen LogP contribution in [0, 0.1) is 6.92 Å². The van der Waals surface area contributed by atoms with E-state index >= 15 is 0 Å². The van der Waals surface area contributed by atoms with Gasteiger partial charge in [-0.1, -0.05) is 27.7 Å². The van der Waals surface area contributed by atoms with Gasteiger partial charge in [0.15, 0.2) is 0 Å². The molecule has 0 amide bonds. The van der Waals surface area contributed by atoms with Gasteiger partial charge in [-0.05, 0) is 18.6 Å². The second-order valence-corrected chi connectivity index (χ2v) is 2.64. The Bertz CT molecular complexity index is 309. The molecule has 0 radical (unpaired) electrons. The first kappa shape index (κ1) is 18.1. The van der Waals surface area contributed by atoms with Gasteiger partial charge in [0, 0.05) is 13.2 Å². The van der Waals surface area contributed by atoms with Crippen LogP contribution in [-0.2, 0) is 6.18 Å². The van der Waals surface area contributed by atoms with Crippen molar-refractivity contribution in [2.45, 2.75) is 40.8 Å².